The number of halogens is 1. The first-order valence-electron chi connectivity index (χ1n) is 4.81. The van der Waals surface area contributed by atoms with Crippen molar-refractivity contribution in [3.05, 3.63) is 28.8 Å². The van der Waals surface area contributed by atoms with Gasteiger partial charge in [0.1, 0.15) is 11.8 Å². The van der Waals surface area contributed by atoms with Gasteiger partial charge in [-0.2, -0.15) is 0 Å². The summed E-state index contributed by atoms with van der Waals surface area (Å²) in [5, 5.41) is 8.89. The number of hydrogen-bond acceptors (Lipinski definition) is 4. The maximum absolute atomic E-state index is 11.7. The van der Waals surface area contributed by atoms with Crippen LogP contribution in [0, 0.1) is 0 Å². The Morgan fingerprint density at radius 2 is 2.18 bits per heavy atom. The van der Waals surface area contributed by atoms with E-state index in [1.165, 1.54) is 19.2 Å². The number of carboxylic acids is 1. The van der Waals surface area contributed by atoms with Gasteiger partial charge >= 0.3 is 5.97 Å². The topological polar surface area (TPSA) is 89.6 Å². The van der Waals surface area contributed by atoms with Crippen LogP contribution in [0.2, 0.25) is 5.02 Å². The molecule has 1 aromatic rings. The largest absolute Gasteiger partial charge is 0.495 e. The van der Waals surface area contributed by atoms with Gasteiger partial charge in [-0.3, -0.25) is 9.59 Å². The van der Waals surface area contributed by atoms with E-state index in [4.69, 9.17) is 27.2 Å². The molecule has 0 saturated heterocycles. The summed E-state index contributed by atoms with van der Waals surface area (Å²) in [6, 6.07) is 3.28. The summed E-state index contributed by atoms with van der Waals surface area (Å²) in [5.41, 5.74) is 5.58. The third-order valence-electron chi connectivity index (χ3n) is 2.20. The molecule has 0 fully saturated rings. The van der Waals surface area contributed by atoms with Crippen molar-refractivity contribution in [1.29, 1.82) is 0 Å². The Hall–Kier alpha value is -1.59. The lowest BCUT2D eigenvalue weighted by Gasteiger charge is -2.07. The number of Topliss-reactive ketones (excluding diaryl/α,β-unsaturated/α-hetero) is 1. The number of hydrogen-bond donors (Lipinski definition) is 2. The summed E-state index contributed by atoms with van der Waals surface area (Å²) in [7, 11) is 1.46. The quantitative estimate of drug-likeness (QED) is 0.777. The van der Waals surface area contributed by atoms with E-state index in [9.17, 15) is 9.59 Å². The summed E-state index contributed by atoms with van der Waals surface area (Å²) in [5.74, 6) is -1.13. The van der Waals surface area contributed by atoms with E-state index >= 15 is 0 Å². The van der Waals surface area contributed by atoms with Crippen LogP contribution >= 0.6 is 11.6 Å². The first-order chi connectivity index (χ1) is 7.95. The monoisotopic (exact) mass is 257 g/mol. The average molecular weight is 258 g/mol. The highest BCUT2D eigenvalue weighted by molar-refractivity contribution is 6.32. The Kier molecular flexibility index (Phi) is 4.48. The van der Waals surface area contributed by atoms with Crippen molar-refractivity contribution in [3.8, 4) is 5.75 Å². The second kappa shape index (κ2) is 5.65. The molecular weight excluding hydrogens is 246 g/mol. The number of methoxy groups -OCH3 is 1. The fourth-order valence-electron chi connectivity index (χ4n) is 1.24. The van der Waals surface area contributed by atoms with Gasteiger partial charge in [0.15, 0.2) is 5.78 Å². The van der Waals surface area contributed by atoms with E-state index in [0.717, 1.165) is 0 Å². The van der Waals surface area contributed by atoms with Crippen molar-refractivity contribution in [1.82, 2.24) is 0 Å². The molecule has 1 aromatic carbocycles. The minimum atomic E-state index is -1.21. The zero-order valence-corrected chi connectivity index (χ0v) is 9.90. The fourth-order valence-corrected chi connectivity index (χ4v) is 1.50. The lowest BCUT2D eigenvalue weighted by atomic mass is 10.0. The number of ketones is 1. The molecule has 0 aliphatic rings. The Balaban J connectivity index is 2.83. The third-order valence-corrected chi connectivity index (χ3v) is 2.49. The molecular formula is C11H12ClNO4. The standard InChI is InChI=1S/C11H12ClNO4/c1-17-10-3-2-6(4-7(10)12)9(14)5-8(13)11(15)16/h2-4,8H,5,13H2,1H3,(H,15,16)/t8-/m1/s1. The molecule has 5 nitrogen and oxygen atoms in total. The summed E-state index contributed by atoms with van der Waals surface area (Å²) in [4.78, 5) is 22.2. The minimum Gasteiger partial charge on any atom is -0.495 e. The minimum absolute atomic E-state index is 0.266. The molecule has 0 unspecified atom stereocenters. The first-order valence-corrected chi connectivity index (χ1v) is 5.18. The molecule has 0 spiro atoms. The number of aliphatic carboxylic acids is 1. The van der Waals surface area contributed by atoms with Crippen LogP contribution in [-0.2, 0) is 4.79 Å². The van der Waals surface area contributed by atoms with Gasteiger partial charge in [-0.1, -0.05) is 11.6 Å². The highest BCUT2D eigenvalue weighted by Crippen LogP contribution is 2.25. The van der Waals surface area contributed by atoms with Crippen molar-refractivity contribution in [2.24, 2.45) is 5.73 Å². The molecule has 0 heterocycles. The van der Waals surface area contributed by atoms with E-state index in [0.29, 0.717) is 16.3 Å². The molecule has 0 amide bonds. The molecule has 0 aliphatic carbocycles. The van der Waals surface area contributed by atoms with Crippen LogP contribution in [0.3, 0.4) is 0 Å². The predicted octanol–water partition coefficient (Wildman–Crippen LogP) is 1.33. The van der Waals surface area contributed by atoms with Gasteiger partial charge in [0.25, 0.3) is 0 Å². The van der Waals surface area contributed by atoms with Gasteiger partial charge in [0.05, 0.1) is 12.1 Å². The van der Waals surface area contributed by atoms with Gasteiger partial charge in [0.2, 0.25) is 0 Å². The molecule has 1 atom stereocenters. The highest BCUT2D eigenvalue weighted by Gasteiger charge is 2.18. The predicted molar refractivity (Wildman–Crippen MR) is 62.6 cm³/mol. The third kappa shape index (κ3) is 3.44. The van der Waals surface area contributed by atoms with Crippen molar-refractivity contribution >= 4 is 23.4 Å². The maximum atomic E-state index is 11.7. The van der Waals surface area contributed by atoms with Crippen LogP contribution in [0.15, 0.2) is 18.2 Å². The number of carbonyl (C=O) groups is 2. The van der Waals surface area contributed by atoms with E-state index < -0.39 is 12.0 Å². The SMILES string of the molecule is COc1ccc(C(=O)C[C@@H](N)C(=O)O)cc1Cl. The van der Waals surface area contributed by atoms with Crippen LogP contribution in [0.5, 0.6) is 5.75 Å². The van der Waals surface area contributed by atoms with Gasteiger partial charge in [0, 0.05) is 12.0 Å². The Morgan fingerprint density at radius 3 is 2.65 bits per heavy atom. The molecule has 6 heteroatoms. The van der Waals surface area contributed by atoms with Gasteiger partial charge in [-0.25, -0.2) is 0 Å². The fraction of sp³-hybridized carbons (Fsp3) is 0.273. The normalized spacial score (nSPS) is 11.9. The smallest absolute Gasteiger partial charge is 0.320 e. The van der Waals surface area contributed by atoms with Crippen LogP contribution in [0.4, 0.5) is 0 Å². The molecule has 0 radical (unpaired) electrons. The first kappa shape index (κ1) is 13.5. The summed E-state index contributed by atoms with van der Waals surface area (Å²) in [6.45, 7) is 0. The van der Waals surface area contributed by atoms with Crippen LogP contribution in [0.25, 0.3) is 0 Å². The number of nitrogens with two attached hydrogens (primary N) is 1. The van der Waals surface area contributed by atoms with E-state index in [-0.39, 0.29) is 12.2 Å². The number of carboxylic acid groups (broad SMARTS) is 1. The Bertz CT molecular complexity index is 447. The highest BCUT2D eigenvalue weighted by atomic mass is 35.5. The summed E-state index contributed by atoms with van der Waals surface area (Å²) < 4.78 is 4.94. The molecule has 0 bridgehead atoms. The van der Waals surface area contributed by atoms with Gasteiger partial charge < -0.3 is 15.6 Å². The van der Waals surface area contributed by atoms with E-state index in [1.807, 2.05) is 0 Å². The lowest BCUT2D eigenvalue weighted by molar-refractivity contribution is -0.138. The molecule has 17 heavy (non-hydrogen) atoms. The molecule has 0 aliphatic heterocycles. The summed E-state index contributed by atoms with van der Waals surface area (Å²) in [6.07, 6.45) is -0.266. The molecule has 92 valence electrons. The second-order valence-corrected chi connectivity index (χ2v) is 3.83. The maximum Gasteiger partial charge on any atom is 0.320 e. The van der Waals surface area contributed by atoms with Gasteiger partial charge in [-0.15, -0.1) is 0 Å². The zero-order valence-electron chi connectivity index (χ0n) is 9.14. The van der Waals surface area contributed by atoms with Gasteiger partial charge in [-0.05, 0) is 18.2 Å². The van der Waals surface area contributed by atoms with E-state index in [1.54, 1.807) is 6.07 Å². The number of ether oxygens (including phenoxy) is 1. The van der Waals surface area contributed by atoms with Crippen LogP contribution < -0.4 is 10.5 Å². The second-order valence-electron chi connectivity index (χ2n) is 3.42. The van der Waals surface area contributed by atoms with Crippen molar-refractivity contribution in [2.75, 3.05) is 7.11 Å². The Morgan fingerprint density at radius 1 is 1.53 bits per heavy atom. The average Bonchev–Trinajstić information content (AvgIpc) is 2.28. The zero-order chi connectivity index (χ0) is 13.0. The van der Waals surface area contributed by atoms with Crippen molar-refractivity contribution < 1.29 is 19.4 Å². The molecule has 0 aromatic heterocycles. The summed E-state index contributed by atoms with van der Waals surface area (Å²) >= 11 is 5.85. The number of rotatable bonds is 5. The van der Waals surface area contributed by atoms with E-state index in [2.05, 4.69) is 0 Å². The van der Waals surface area contributed by atoms with Crippen LogP contribution in [0.1, 0.15) is 16.8 Å². The molecule has 0 saturated carbocycles. The lowest BCUT2D eigenvalue weighted by Crippen LogP contribution is -2.32. The number of carbonyl (C=O) groups excluding carboxylic acids is 1. The Labute approximate surface area is 103 Å². The molecule has 3 N–H and O–H groups in total. The molecule has 1 rings (SSSR count). The number of benzene rings is 1. The van der Waals surface area contributed by atoms with Crippen molar-refractivity contribution in [2.45, 2.75) is 12.5 Å². The van der Waals surface area contributed by atoms with Crippen molar-refractivity contribution in [3.63, 3.8) is 0 Å². The van der Waals surface area contributed by atoms with Crippen LogP contribution in [-0.4, -0.2) is 30.0 Å².